The van der Waals surface area contributed by atoms with Gasteiger partial charge in [0.2, 0.25) is 0 Å². The molecule has 0 aromatic rings. The molecule has 0 nitrogen and oxygen atoms in total. The molecule has 0 saturated heterocycles. The van der Waals surface area contributed by atoms with Crippen molar-refractivity contribution >= 4 is 11.6 Å². The zero-order valence-electron chi connectivity index (χ0n) is 10.2. The molecular formula is C13H27Cl. The average Bonchev–Trinajstić information content (AvgIpc) is 2.15. The normalized spacial score (nSPS) is 12.0. The summed E-state index contributed by atoms with van der Waals surface area (Å²) in [6.45, 7) is 7.09. The van der Waals surface area contributed by atoms with Gasteiger partial charge in [0, 0.05) is 5.88 Å². The number of hydrogen-bond donors (Lipinski definition) is 0. The Balaban J connectivity index is 3.35. The van der Waals surface area contributed by atoms with E-state index in [9.17, 15) is 0 Å². The monoisotopic (exact) mass is 218 g/mol. The van der Waals surface area contributed by atoms with Crippen LogP contribution >= 0.6 is 11.6 Å². The van der Waals surface area contributed by atoms with E-state index in [-0.39, 0.29) is 0 Å². The highest BCUT2D eigenvalue weighted by atomic mass is 35.5. The number of alkyl halides is 1. The fourth-order valence-electron chi connectivity index (χ4n) is 1.83. The van der Waals surface area contributed by atoms with Crippen LogP contribution in [0.5, 0.6) is 0 Å². The lowest BCUT2D eigenvalue weighted by molar-refractivity contribution is 0.286. The summed E-state index contributed by atoms with van der Waals surface area (Å²) in [5, 5.41) is 0. The fourth-order valence-corrected chi connectivity index (χ4v) is 2.02. The van der Waals surface area contributed by atoms with Crippen molar-refractivity contribution in [2.45, 2.75) is 72.1 Å². The van der Waals surface area contributed by atoms with E-state index in [1.165, 1.54) is 51.4 Å². The highest BCUT2D eigenvalue weighted by Gasteiger charge is 2.15. The minimum Gasteiger partial charge on any atom is -0.127 e. The molecule has 0 aromatic carbocycles. The highest BCUT2D eigenvalue weighted by Crippen LogP contribution is 2.29. The minimum atomic E-state index is 0.566. The molecule has 0 amide bonds. The van der Waals surface area contributed by atoms with E-state index in [4.69, 9.17) is 11.6 Å². The first-order valence-corrected chi connectivity index (χ1v) is 6.72. The number of hydrogen-bond acceptors (Lipinski definition) is 0. The second-order valence-electron chi connectivity index (χ2n) is 5.12. The van der Waals surface area contributed by atoms with Gasteiger partial charge in [-0.05, 0) is 24.7 Å². The van der Waals surface area contributed by atoms with E-state index in [1.54, 1.807) is 0 Å². The zero-order valence-corrected chi connectivity index (χ0v) is 11.0. The molecule has 0 rings (SSSR count). The molecule has 0 N–H and O–H groups in total. The van der Waals surface area contributed by atoms with E-state index in [1.807, 2.05) is 0 Å². The van der Waals surface area contributed by atoms with Gasteiger partial charge in [0.1, 0.15) is 0 Å². The van der Waals surface area contributed by atoms with Crippen LogP contribution in [0.25, 0.3) is 0 Å². The Morgan fingerprint density at radius 1 is 0.857 bits per heavy atom. The molecule has 0 aromatic heterocycles. The molecule has 0 fully saturated rings. The van der Waals surface area contributed by atoms with Gasteiger partial charge in [-0.2, -0.15) is 0 Å². The van der Waals surface area contributed by atoms with Gasteiger partial charge in [0.15, 0.2) is 0 Å². The predicted molar refractivity (Wildman–Crippen MR) is 67.1 cm³/mol. The number of halogens is 1. The van der Waals surface area contributed by atoms with Crippen molar-refractivity contribution in [1.29, 1.82) is 0 Å². The SMILES string of the molecule is CCCCC(C)(C)CCCCCCCl. The van der Waals surface area contributed by atoms with Crippen molar-refractivity contribution in [2.24, 2.45) is 5.41 Å². The van der Waals surface area contributed by atoms with Crippen LogP contribution < -0.4 is 0 Å². The zero-order chi connectivity index (χ0) is 10.9. The van der Waals surface area contributed by atoms with Gasteiger partial charge in [0.05, 0.1) is 0 Å². The lowest BCUT2D eigenvalue weighted by Crippen LogP contribution is -2.10. The van der Waals surface area contributed by atoms with Crippen LogP contribution in [0.1, 0.15) is 72.1 Å². The second kappa shape index (κ2) is 8.59. The van der Waals surface area contributed by atoms with Gasteiger partial charge in [-0.25, -0.2) is 0 Å². The van der Waals surface area contributed by atoms with Crippen molar-refractivity contribution in [3.05, 3.63) is 0 Å². The maximum absolute atomic E-state index is 5.64. The maximum Gasteiger partial charge on any atom is 0.0223 e. The first-order valence-electron chi connectivity index (χ1n) is 6.18. The van der Waals surface area contributed by atoms with Crippen molar-refractivity contribution in [2.75, 3.05) is 5.88 Å². The molecule has 0 saturated carbocycles. The van der Waals surface area contributed by atoms with Crippen LogP contribution in [0.4, 0.5) is 0 Å². The van der Waals surface area contributed by atoms with Gasteiger partial charge in [0.25, 0.3) is 0 Å². The molecule has 1 heteroatoms. The quantitative estimate of drug-likeness (QED) is 0.360. The third-order valence-electron chi connectivity index (χ3n) is 2.94. The van der Waals surface area contributed by atoms with Gasteiger partial charge in [-0.15, -0.1) is 11.6 Å². The van der Waals surface area contributed by atoms with Crippen LogP contribution in [0, 0.1) is 5.41 Å². The van der Waals surface area contributed by atoms with Crippen molar-refractivity contribution in [3.8, 4) is 0 Å². The lowest BCUT2D eigenvalue weighted by Gasteiger charge is -2.24. The Morgan fingerprint density at radius 2 is 1.43 bits per heavy atom. The standard InChI is InChI=1S/C13H27Cl/c1-4-5-10-13(2,3)11-8-6-7-9-12-14/h4-12H2,1-3H3. The van der Waals surface area contributed by atoms with Crippen molar-refractivity contribution < 1.29 is 0 Å². The van der Waals surface area contributed by atoms with Crippen molar-refractivity contribution in [1.82, 2.24) is 0 Å². The summed E-state index contributed by atoms with van der Waals surface area (Å²) in [5.74, 6) is 0.833. The van der Waals surface area contributed by atoms with E-state index in [2.05, 4.69) is 20.8 Å². The van der Waals surface area contributed by atoms with Crippen LogP contribution in [-0.2, 0) is 0 Å². The summed E-state index contributed by atoms with van der Waals surface area (Å²) in [6.07, 6.45) is 10.7. The summed E-state index contributed by atoms with van der Waals surface area (Å²) in [4.78, 5) is 0. The highest BCUT2D eigenvalue weighted by molar-refractivity contribution is 6.17. The molecule has 0 aliphatic rings. The molecule has 0 spiro atoms. The Bertz CT molecular complexity index is 118. The Morgan fingerprint density at radius 3 is 2.00 bits per heavy atom. The fraction of sp³-hybridized carbons (Fsp3) is 1.00. The summed E-state index contributed by atoms with van der Waals surface area (Å²) in [7, 11) is 0. The Hall–Kier alpha value is 0.290. The lowest BCUT2D eigenvalue weighted by atomic mass is 9.82. The summed E-state index contributed by atoms with van der Waals surface area (Å²) in [6, 6.07) is 0. The molecular weight excluding hydrogens is 192 g/mol. The van der Waals surface area contributed by atoms with Gasteiger partial charge in [-0.3, -0.25) is 0 Å². The topological polar surface area (TPSA) is 0 Å². The third-order valence-corrected chi connectivity index (χ3v) is 3.21. The van der Waals surface area contributed by atoms with Gasteiger partial charge >= 0.3 is 0 Å². The van der Waals surface area contributed by atoms with Crippen LogP contribution in [0.2, 0.25) is 0 Å². The summed E-state index contributed by atoms with van der Waals surface area (Å²) >= 11 is 5.64. The summed E-state index contributed by atoms with van der Waals surface area (Å²) in [5.41, 5.74) is 0.566. The number of rotatable bonds is 9. The predicted octanol–water partition coefficient (Wildman–Crippen LogP) is 5.39. The van der Waals surface area contributed by atoms with Gasteiger partial charge in [-0.1, -0.05) is 52.9 Å². The second-order valence-corrected chi connectivity index (χ2v) is 5.50. The average molecular weight is 219 g/mol. The molecule has 0 aliphatic carbocycles. The van der Waals surface area contributed by atoms with E-state index in [0.717, 1.165) is 5.88 Å². The first-order chi connectivity index (χ1) is 6.62. The smallest absolute Gasteiger partial charge is 0.0223 e. The molecule has 0 bridgehead atoms. The van der Waals surface area contributed by atoms with E-state index < -0.39 is 0 Å². The molecule has 0 aliphatic heterocycles. The van der Waals surface area contributed by atoms with Crippen LogP contribution in [0.15, 0.2) is 0 Å². The van der Waals surface area contributed by atoms with Crippen LogP contribution in [-0.4, -0.2) is 5.88 Å². The molecule has 0 unspecified atom stereocenters. The largest absolute Gasteiger partial charge is 0.127 e. The van der Waals surface area contributed by atoms with Gasteiger partial charge < -0.3 is 0 Å². The molecule has 86 valence electrons. The molecule has 0 heterocycles. The minimum absolute atomic E-state index is 0.566. The maximum atomic E-state index is 5.64. The molecule has 14 heavy (non-hydrogen) atoms. The summed E-state index contributed by atoms with van der Waals surface area (Å²) < 4.78 is 0. The van der Waals surface area contributed by atoms with E-state index in [0.29, 0.717) is 5.41 Å². The van der Waals surface area contributed by atoms with E-state index >= 15 is 0 Å². The molecule has 0 atom stereocenters. The third kappa shape index (κ3) is 8.87. The molecule has 0 radical (unpaired) electrons. The van der Waals surface area contributed by atoms with Crippen molar-refractivity contribution in [3.63, 3.8) is 0 Å². The van der Waals surface area contributed by atoms with Crippen LogP contribution in [0.3, 0.4) is 0 Å². The number of unbranched alkanes of at least 4 members (excludes halogenated alkanes) is 4. The Labute approximate surface area is 95.4 Å². The first kappa shape index (κ1) is 14.3. The Kier molecular flexibility index (Phi) is 8.76.